The Morgan fingerprint density at radius 1 is 0.625 bits per heavy atom. The molecular weight excluding hydrogens is 392 g/mol. The maximum Gasteiger partial charge on any atom is 0.136 e. The topological polar surface area (TPSA) is 31.0 Å². The molecule has 0 radical (unpaired) electrons. The van der Waals surface area contributed by atoms with Gasteiger partial charge in [0.15, 0.2) is 0 Å². The fourth-order valence-corrected chi connectivity index (χ4v) is 4.91. The number of hydrogen-bond acceptors (Lipinski definition) is 2. The Hall–Kier alpha value is -4.37. The molecule has 0 aliphatic carbocycles. The normalized spacial score (nSPS) is 11.8. The fourth-order valence-electron chi connectivity index (χ4n) is 4.91. The average Bonchev–Trinajstić information content (AvgIpc) is 3.46. The number of furan rings is 1. The molecule has 32 heavy (non-hydrogen) atoms. The van der Waals surface area contributed by atoms with Crippen LogP contribution in [0.25, 0.3) is 60.4 Å². The highest BCUT2D eigenvalue weighted by Crippen LogP contribution is 2.37. The standard InChI is InChI=1S/C29H18N2O/c1-2-6-22-20(5-1)17-30-18-26(22)19-9-11-21(12-10-19)31-27-8-4-3-7-23(27)24-13-14-28-25(29(24)31)15-16-32-28/h1-18H. The molecule has 0 bridgehead atoms. The van der Waals surface area contributed by atoms with Gasteiger partial charge in [0.05, 0.1) is 17.3 Å². The summed E-state index contributed by atoms with van der Waals surface area (Å²) in [6.07, 6.45) is 5.64. The molecule has 0 saturated carbocycles. The van der Waals surface area contributed by atoms with Gasteiger partial charge in [-0.2, -0.15) is 0 Å². The molecule has 3 aromatic heterocycles. The molecule has 3 heteroatoms. The van der Waals surface area contributed by atoms with E-state index in [4.69, 9.17) is 4.42 Å². The van der Waals surface area contributed by atoms with Gasteiger partial charge >= 0.3 is 0 Å². The van der Waals surface area contributed by atoms with Crippen molar-refractivity contribution in [2.45, 2.75) is 0 Å². The van der Waals surface area contributed by atoms with E-state index < -0.39 is 0 Å². The number of pyridine rings is 1. The van der Waals surface area contributed by atoms with E-state index in [1.165, 1.54) is 27.2 Å². The van der Waals surface area contributed by atoms with Gasteiger partial charge < -0.3 is 8.98 Å². The van der Waals surface area contributed by atoms with Crippen molar-refractivity contribution in [3.8, 4) is 16.8 Å². The highest BCUT2D eigenvalue weighted by Gasteiger charge is 2.16. The van der Waals surface area contributed by atoms with Gasteiger partial charge in [-0.25, -0.2) is 0 Å². The number of fused-ring (bicyclic) bond motifs is 6. The van der Waals surface area contributed by atoms with E-state index in [-0.39, 0.29) is 0 Å². The monoisotopic (exact) mass is 410 g/mol. The van der Waals surface area contributed by atoms with E-state index in [1.807, 2.05) is 12.4 Å². The largest absolute Gasteiger partial charge is 0.464 e. The minimum absolute atomic E-state index is 0.903. The SMILES string of the molecule is c1ccc2c(-c3ccc(-n4c5ccccc5c5ccc6occc6c54)cc3)cncc2c1. The summed E-state index contributed by atoms with van der Waals surface area (Å²) in [5.41, 5.74) is 6.70. The Morgan fingerprint density at radius 2 is 1.44 bits per heavy atom. The summed E-state index contributed by atoms with van der Waals surface area (Å²) < 4.78 is 8.05. The molecule has 7 aromatic rings. The minimum atomic E-state index is 0.903. The second kappa shape index (κ2) is 6.56. The third kappa shape index (κ3) is 2.39. The lowest BCUT2D eigenvalue weighted by Gasteiger charge is -2.11. The Balaban J connectivity index is 1.48. The van der Waals surface area contributed by atoms with Crippen LogP contribution in [0.3, 0.4) is 0 Å². The van der Waals surface area contributed by atoms with Crippen molar-refractivity contribution < 1.29 is 4.42 Å². The third-order valence-electron chi connectivity index (χ3n) is 6.37. The van der Waals surface area contributed by atoms with Gasteiger partial charge in [0.2, 0.25) is 0 Å². The van der Waals surface area contributed by atoms with Crippen LogP contribution < -0.4 is 0 Å². The summed E-state index contributed by atoms with van der Waals surface area (Å²) in [7, 11) is 0. The number of hydrogen-bond donors (Lipinski definition) is 0. The van der Waals surface area contributed by atoms with E-state index in [9.17, 15) is 0 Å². The zero-order valence-electron chi connectivity index (χ0n) is 17.2. The van der Waals surface area contributed by atoms with E-state index in [0.717, 1.165) is 33.2 Å². The van der Waals surface area contributed by atoms with Crippen LogP contribution in [0.4, 0.5) is 0 Å². The summed E-state index contributed by atoms with van der Waals surface area (Å²) in [6, 6.07) is 32.0. The van der Waals surface area contributed by atoms with Gasteiger partial charge in [0.25, 0.3) is 0 Å². The van der Waals surface area contributed by atoms with Crippen LogP contribution in [0.5, 0.6) is 0 Å². The molecule has 4 aromatic carbocycles. The zero-order valence-corrected chi connectivity index (χ0v) is 17.2. The molecule has 0 amide bonds. The molecule has 0 aliphatic rings. The number of nitrogens with zero attached hydrogens (tertiary/aromatic N) is 2. The molecule has 0 N–H and O–H groups in total. The predicted octanol–water partition coefficient (Wildman–Crippen LogP) is 7.75. The maximum absolute atomic E-state index is 5.71. The van der Waals surface area contributed by atoms with Crippen LogP contribution in [-0.2, 0) is 0 Å². The molecule has 0 spiro atoms. The molecule has 0 fully saturated rings. The van der Waals surface area contributed by atoms with Crippen LogP contribution in [0.15, 0.2) is 114 Å². The lowest BCUT2D eigenvalue weighted by Crippen LogP contribution is -1.94. The molecule has 0 saturated heterocycles. The fraction of sp³-hybridized carbons (Fsp3) is 0. The molecule has 3 heterocycles. The summed E-state index contributed by atoms with van der Waals surface area (Å²) in [5.74, 6) is 0. The molecule has 0 aliphatic heterocycles. The third-order valence-corrected chi connectivity index (χ3v) is 6.37. The van der Waals surface area contributed by atoms with Gasteiger partial charge in [0.1, 0.15) is 5.58 Å². The number of benzene rings is 4. The Morgan fingerprint density at radius 3 is 2.34 bits per heavy atom. The first kappa shape index (κ1) is 17.3. The number of aromatic nitrogens is 2. The van der Waals surface area contributed by atoms with Crippen LogP contribution in [-0.4, -0.2) is 9.55 Å². The Kier molecular flexibility index (Phi) is 3.55. The smallest absolute Gasteiger partial charge is 0.136 e. The zero-order chi connectivity index (χ0) is 21.1. The van der Waals surface area contributed by atoms with Crippen LogP contribution in [0.1, 0.15) is 0 Å². The van der Waals surface area contributed by atoms with Crippen molar-refractivity contribution in [3.63, 3.8) is 0 Å². The molecule has 7 rings (SSSR count). The van der Waals surface area contributed by atoms with Crippen molar-refractivity contribution in [2.24, 2.45) is 0 Å². The van der Waals surface area contributed by atoms with Crippen molar-refractivity contribution in [3.05, 3.63) is 110 Å². The van der Waals surface area contributed by atoms with Crippen molar-refractivity contribution in [2.75, 3.05) is 0 Å². The second-order valence-electron chi connectivity index (χ2n) is 8.10. The highest BCUT2D eigenvalue weighted by atomic mass is 16.3. The van der Waals surface area contributed by atoms with Gasteiger partial charge in [0, 0.05) is 45.2 Å². The first-order chi connectivity index (χ1) is 15.9. The summed E-state index contributed by atoms with van der Waals surface area (Å²) in [6.45, 7) is 0. The molecule has 0 unspecified atom stereocenters. The van der Waals surface area contributed by atoms with Gasteiger partial charge in [-0.15, -0.1) is 0 Å². The quantitative estimate of drug-likeness (QED) is 0.292. The van der Waals surface area contributed by atoms with Crippen LogP contribution >= 0.6 is 0 Å². The van der Waals surface area contributed by atoms with E-state index in [2.05, 4.69) is 101 Å². The molecule has 150 valence electrons. The lowest BCUT2D eigenvalue weighted by atomic mass is 10.0. The molecular formula is C29H18N2O. The van der Waals surface area contributed by atoms with E-state index in [1.54, 1.807) is 6.26 Å². The highest BCUT2D eigenvalue weighted by molar-refractivity contribution is 6.17. The number of para-hydroxylation sites is 1. The molecule has 0 atom stereocenters. The van der Waals surface area contributed by atoms with Crippen LogP contribution in [0.2, 0.25) is 0 Å². The lowest BCUT2D eigenvalue weighted by molar-refractivity contribution is 0.616. The van der Waals surface area contributed by atoms with Crippen molar-refractivity contribution >= 4 is 43.5 Å². The molecule has 3 nitrogen and oxygen atoms in total. The van der Waals surface area contributed by atoms with Gasteiger partial charge in [-0.05, 0) is 47.3 Å². The van der Waals surface area contributed by atoms with Crippen molar-refractivity contribution in [1.29, 1.82) is 0 Å². The average molecular weight is 410 g/mol. The first-order valence-electron chi connectivity index (χ1n) is 10.7. The van der Waals surface area contributed by atoms with Gasteiger partial charge in [-0.3, -0.25) is 4.98 Å². The van der Waals surface area contributed by atoms with Gasteiger partial charge in [-0.1, -0.05) is 54.6 Å². The summed E-state index contributed by atoms with van der Waals surface area (Å²) >= 11 is 0. The predicted molar refractivity (Wildman–Crippen MR) is 131 cm³/mol. The van der Waals surface area contributed by atoms with Crippen LogP contribution in [0, 0.1) is 0 Å². The maximum atomic E-state index is 5.71. The van der Waals surface area contributed by atoms with E-state index >= 15 is 0 Å². The van der Waals surface area contributed by atoms with Crippen molar-refractivity contribution in [1.82, 2.24) is 9.55 Å². The minimum Gasteiger partial charge on any atom is -0.464 e. The Bertz CT molecular complexity index is 1770. The Labute approximate surface area is 184 Å². The summed E-state index contributed by atoms with van der Waals surface area (Å²) in [5, 5.41) is 5.97. The number of rotatable bonds is 2. The second-order valence-corrected chi connectivity index (χ2v) is 8.10. The first-order valence-corrected chi connectivity index (χ1v) is 10.7. The van der Waals surface area contributed by atoms with E-state index in [0.29, 0.717) is 0 Å². The summed E-state index contributed by atoms with van der Waals surface area (Å²) in [4.78, 5) is 4.46.